The molecule has 2 atom stereocenters. The highest BCUT2D eigenvalue weighted by Gasteiger charge is 2.38. The van der Waals surface area contributed by atoms with E-state index in [-0.39, 0.29) is 19.0 Å². The maximum Gasteiger partial charge on any atom is 0.408 e. The first-order valence-corrected chi connectivity index (χ1v) is 3.50. The second-order valence-electron chi connectivity index (χ2n) is 2.78. The van der Waals surface area contributed by atoms with Gasteiger partial charge in [-0.1, -0.05) is 0 Å². The van der Waals surface area contributed by atoms with Gasteiger partial charge in [0.05, 0.1) is 0 Å². The first-order valence-electron chi connectivity index (χ1n) is 3.50. The summed E-state index contributed by atoms with van der Waals surface area (Å²) in [7, 11) is 0. The molecule has 1 heterocycles. The molecule has 0 saturated carbocycles. The van der Waals surface area contributed by atoms with Gasteiger partial charge in [0, 0.05) is 12.6 Å². The van der Waals surface area contributed by atoms with E-state index in [1.54, 1.807) is 0 Å². The maximum atomic E-state index is 10.5. The van der Waals surface area contributed by atoms with Crippen molar-refractivity contribution in [2.24, 2.45) is 5.73 Å². The van der Waals surface area contributed by atoms with E-state index in [1.165, 1.54) is 0 Å². The van der Waals surface area contributed by atoms with E-state index in [0.717, 1.165) is 4.90 Å². The quantitative estimate of drug-likeness (QED) is 0.480. The highest BCUT2D eigenvalue weighted by molar-refractivity contribution is 5.80. The van der Waals surface area contributed by atoms with Gasteiger partial charge < -0.3 is 15.9 Å². The molecule has 0 bridgehead atoms. The lowest BCUT2D eigenvalue weighted by molar-refractivity contribution is -0.141. The Morgan fingerprint density at radius 3 is 2.33 bits per heavy atom. The number of nitrogens with zero attached hydrogens (tertiary/aromatic N) is 1. The number of carbonyl (C=O) groups is 2. The standard InChI is InChI=1S/C6H10N2O4/c7-3-1-4(5(9)10)8(2-3)6(11)12/h3-4H,1-2,7H2,(H,9,10)(H,11,12)/t3-,4?/m0/s1. The summed E-state index contributed by atoms with van der Waals surface area (Å²) in [6.07, 6.45) is -1.03. The topological polar surface area (TPSA) is 104 Å². The molecule has 12 heavy (non-hydrogen) atoms. The number of carboxylic acids is 1. The summed E-state index contributed by atoms with van der Waals surface area (Å²) in [6.45, 7) is 0.103. The predicted octanol–water partition coefficient (Wildman–Crippen LogP) is -0.849. The van der Waals surface area contributed by atoms with E-state index in [0.29, 0.717) is 0 Å². The van der Waals surface area contributed by atoms with Crippen molar-refractivity contribution < 1.29 is 19.8 Å². The Morgan fingerprint density at radius 1 is 1.42 bits per heavy atom. The van der Waals surface area contributed by atoms with E-state index in [1.807, 2.05) is 0 Å². The molecule has 0 radical (unpaired) electrons. The number of rotatable bonds is 1. The van der Waals surface area contributed by atoms with Crippen molar-refractivity contribution in [2.75, 3.05) is 6.54 Å². The molecule has 1 aliphatic rings. The summed E-state index contributed by atoms with van der Waals surface area (Å²) in [5.41, 5.74) is 5.42. The third-order valence-electron chi connectivity index (χ3n) is 1.86. The van der Waals surface area contributed by atoms with Crippen LogP contribution in [0.2, 0.25) is 0 Å². The second kappa shape index (κ2) is 2.98. The maximum absolute atomic E-state index is 10.5. The molecule has 1 amide bonds. The second-order valence-corrected chi connectivity index (χ2v) is 2.78. The number of aliphatic carboxylic acids is 1. The molecule has 0 aromatic heterocycles. The van der Waals surface area contributed by atoms with Gasteiger partial charge in [-0.3, -0.25) is 4.90 Å². The fraction of sp³-hybridized carbons (Fsp3) is 0.667. The van der Waals surface area contributed by atoms with Gasteiger partial charge in [-0.25, -0.2) is 9.59 Å². The van der Waals surface area contributed by atoms with Crippen molar-refractivity contribution in [3.63, 3.8) is 0 Å². The average molecular weight is 174 g/mol. The monoisotopic (exact) mass is 174 g/mol. The van der Waals surface area contributed by atoms with E-state index in [9.17, 15) is 9.59 Å². The van der Waals surface area contributed by atoms with Gasteiger partial charge in [-0.05, 0) is 6.42 Å². The van der Waals surface area contributed by atoms with Gasteiger partial charge in [0.2, 0.25) is 0 Å². The third kappa shape index (κ3) is 1.48. The number of amides is 1. The van der Waals surface area contributed by atoms with E-state index < -0.39 is 18.1 Å². The minimum absolute atomic E-state index is 0.103. The van der Waals surface area contributed by atoms with Crippen molar-refractivity contribution in [1.82, 2.24) is 4.90 Å². The molecular formula is C6H10N2O4. The molecule has 6 heteroatoms. The normalized spacial score (nSPS) is 28.9. The minimum Gasteiger partial charge on any atom is -0.480 e. The van der Waals surface area contributed by atoms with Crippen LogP contribution in [0.25, 0.3) is 0 Å². The van der Waals surface area contributed by atoms with Crippen LogP contribution in [0.1, 0.15) is 6.42 Å². The lowest BCUT2D eigenvalue weighted by Crippen LogP contribution is -2.39. The Hall–Kier alpha value is -1.30. The zero-order valence-corrected chi connectivity index (χ0v) is 6.30. The lowest BCUT2D eigenvalue weighted by Gasteiger charge is -2.16. The Bertz CT molecular complexity index is 196. The summed E-state index contributed by atoms with van der Waals surface area (Å²) in [5, 5.41) is 17.1. The van der Waals surface area contributed by atoms with Crippen LogP contribution in [-0.4, -0.2) is 45.8 Å². The van der Waals surface area contributed by atoms with Gasteiger partial charge >= 0.3 is 12.1 Å². The van der Waals surface area contributed by atoms with Crippen LogP contribution in [0.15, 0.2) is 0 Å². The highest BCUT2D eigenvalue weighted by Crippen LogP contribution is 2.16. The summed E-state index contributed by atoms with van der Waals surface area (Å²) in [6, 6.07) is -1.33. The number of hydrogen-bond donors (Lipinski definition) is 3. The summed E-state index contributed by atoms with van der Waals surface area (Å²) < 4.78 is 0. The minimum atomic E-state index is -1.23. The molecule has 4 N–H and O–H groups in total. The third-order valence-corrected chi connectivity index (χ3v) is 1.86. The number of nitrogens with two attached hydrogens (primary N) is 1. The average Bonchev–Trinajstić information content (AvgIpc) is 2.31. The molecule has 1 fully saturated rings. The molecule has 1 rings (SSSR count). The molecule has 0 spiro atoms. The summed E-state index contributed by atoms with van der Waals surface area (Å²) >= 11 is 0. The van der Waals surface area contributed by atoms with Crippen molar-refractivity contribution in [2.45, 2.75) is 18.5 Å². The SMILES string of the molecule is N[C@H]1CC(C(=O)O)N(C(=O)O)C1. The zero-order chi connectivity index (χ0) is 9.30. The van der Waals surface area contributed by atoms with Crippen molar-refractivity contribution in [3.8, 4) is 0 Å². The van der Waals surface area contributed by atoms with Gasteiger partial charge in [-0.2, -0.15) is 0 Å². The molecule has 0 aromatic carbocycles. The van der Waals surface area contributed by atoms with Crippen LogP contribution >= 0.6 is 0 Å². The summed E-state index contributed by atoms with van der Waals surface area (Å²) in [5.74, 6) is -1.13. The van der Waals surface area contributed by atoms with E-state index in [4.69, 9.17) is 15.9 Å². The highest BCUT2D eigenvalue weighted by atomic mass is 16.4. The zero-order valence-electron chi connectivity index (χ0n) is 6.30. The van der Waals surface area contributed by atoms with E-state index in [2.05, 4.69) is 0 Å². The van der Waals surface area contributed by atoms with Crippen molar-refractivity contribution in [1.29, 1.82) is 0 Å². The van der Waals surface area contributed by atoms with E-state index >= 15 is 0 Å². The van der Waals surface area contributed by atoms with Crippen molar-refractivity contribution >= 4 is 12.1 Å². The van der Waals surface area contributed by atoms with Gasteiger partial charge in [0.1, 0.15) is 6.04 Å². The fourth-order valence-corrected chi connectivity index (χ4v) is 1.31. The predicted molar refractivity (Wildman–Crippen MR) is 38.7 cm³/mol. The van der Waals surface area contributed by atoms with Gasteiger partial charge in [0.15, 0.2) is 0 Å². The van der Waals surface area contributed by atoms with Crippen LogP contribution < -0.4 is 5.73 Å². The van der Waals surface area contributed by atoms with Crippen molar-refractivity contribution in [3.05, 3.63) is 0 Å². The number of hydrogen-bond acceptors (Lipinski definition) is 3. The number of likely N-dealkylation sites (tertiary alicyclic amines) is 1. The number of carboxylic acid groups (broad SMARTS) is 2. The van der Waals surface area contributed by atoms with Crippen LogP contribution in [0.3, 0.4) is 0 Å². The Balaban J connectivity index is 2.72. The lowest BCUT2D eigenvalue weighted by atomic mass is 10.2. The first kappa shape index (κ1) is 8.79. The van der Waals surface area contributed by atoms with Crippen LogP contribution in [-0.2, 0) is 4.79 Å². The molecule has 1 unspecified atom stereocenters. The molecule has 0 aliphatic carbocycles. The Morgan fingerprint density at radius 2 is 2.00 bits per heavy atom. The molecule has 6 nitrogen and oxygen atoms in total. The van der Waals surface area contributed by atoms with Gasteiger partial charge in [0.25, 0.3) is 0 Å². The van der Waals surface area contributed by atoms with Gasteiger partial charge in [-0.15, -0.1) is 0 Å². The fourth-order valence-electron chi connectivity index (χ4n) is 1.31. The largest absolute Gasteiger partial charge is 0.480 e. The molecule has 0 aromatic rings. The first-order chi connectivity index (χ1) is 5.52. The Kier molecular flexibility index (Phi) is 2.18. The molecule has 68 valence electrons. The van der Waals surface area contributed by atoms with Crippen LogP contribution in [0.4, 0.5) is 4.79 Å². The van der Waals surface area contributed by atoms with Crippen LogP contribution in [0.5, 0.6) is 0 Å². The molecular weight excluding hydrogens is 164 g/mol. The molecule has 1 saturated heterocycles. The molecule has 1 aliphatic heterocycles. The Labute approximate surface area is 68.6 Å². The summed E-state index contributed by atoms with van der Waals surface area (Å²) in [4.78, 5) is 21.8. The smallest absolute Gasteiger partial charge is 0.408 e. The van der Waals surface area contributed by atoms with Crippen LogP contribution in [0, 0.1) is 0 Å².